The quantitative estimate of drug-likeness (QED) is 0.784. The molecule has 1 aliphatic rings. The van der Waals surface area contributed by atoms with E-state index >= 15 is 0 Å². The first-order chi connectivity index (χ1) is 12.9. The lowest BCUT2D eigenvalue weighted by Crippen LogP contribution is -2.52. The van der Waals surface area contributed by atoms with Gasteiger partial charge in [0.2, 0.25) is 0 Å². The number of carbonyl (C=O) groups excluding carboxylic acids is 1. The molecule has 0 bridgehead atoms. The number of halogens is 3. The highest BCUT2D eigenvalue weighted by molar-refractivity contribution is 7.13. The van der Waals surface area contributed by atoms with Crippen LogP contribution < -0.4 is 15.0 Å². The van der Waals surface area contributed by atoms with Crippen molar-refractivity contribution in [3.63, 3.8) is 0 Å². The van der Waals surface area contributed by atoms with Crippen LogP contribution in [-0.4, -0.2) is 55.2 Å². The number of aromatic nitrogens is 1. The van der Waals surface area contributed by atoms with Crippen LogP contribution in [-0.2, 0) is 6.18 Å². The Bertz CT molecular complexity index is 747. The highest BCUT2D eigenvalue weighted by Gasteiger charge is 2.30. The Morgan fingerprint density at radius 3 is 2.70 bits per heavy atom. The van der Waals surface area contributed by atoms with E-state index in [1.54, 1.807) is 22.4 Å². The van der Waals surface area contributed by atoms with Gasteiger partial charge in [-0.1, -0.05) is 6.07 Å². The zero-order valence-electron chi connectivity index (χ0n) is 14.4. The standard InChI is InChI=1S/C17H19F3N4O2S/c18-17(19,20)13-2-1-3-14(12-13)26-10-4-21-15(25)23-6-8-24(9-7-23)16-22-5-11-27-16/h1-3,5,11-12H,4,6-10H2,(H,21,25). The van der Waals surface area contributed by atoms with Crippen LogP contribution in [0, 0.1) is 0 Å². The lowest BCUT2D eigenvalue weighted by molar-refractivity contribution is -0.137. The molecule has 1 fully saturated rings. The van der Waals surface area contributed by atoms with Gasteiger partial charge in [-0.3, -0.25) is 0 Å². The number of hydrogen-bond acceptors (Lipinski definition) is 5. The maximum Gasteiger partial charge on any atom is 0.416 e. The number of rotatable bonds is 5. The number of thiazole rings is 1. The van der Waals surface area contributed by atoms with E-state index in [0.717, 1.165) is 17.3 Å². The molecule has 0 saturated carbocycles. The average Bonchev–Trinajstić information content (AvgIpc) is 3.19. The Labute approximate surface area is 158 Å². The summed E-state index contributed by atoms with van der Waals surface area (Å²) in [4.78, 5) is 20.3. The second kappa shape index (κ2) is 8.47. The molecule has 1 aromatic carbocycles. The number of urea groups is 1. The van der Waals surface area contributed by atoms with Crippen LogP contribution in [0.4, 0.5) is 23.1 Å². The van der Waals surface area contributed by atoms with E-state index in [1.807, 2.05) is 5.38 Å². The average molecular weight is 400 g/mol. The third kappa shape index (κ3) is 5.25. The molecule has 1 aromatic heterocycles. The largest absolute Gasteiger partial charge is 0.492 e. The Balaban J connectivity index is 1.38. The number of alkyl halides is 3. The number of piperazine rings is 1. The second-order valence-electron chi connectivity index (χ2n) is 5.89. The van der Waals surface area contributed by atoms with Crippen LogP contribution in [0.15, 0.2) is 35.8 Å². The van der Waals surface area contributed by atoms with Crippen molar-refractivity contribution in [2.24, 2.45) is 0 Å². The minimum atomic E-state index is -4.41. The minimum absolute atomic E-state index is 0.0894. The number of hydrogen-bond donors (Lipinski definition) is 1. The topological polar surface area (TPSA) is 57.7 Å². The monoisotopic (exact) mass is 400 g/mol. The first-order valence-corrected chi connectivity index (χ1v) is 9.29. The molecular weight excluding hydrogens is 381 g/mol. The van der Waals surface area contributed by atoms with E-state index < -0.39 is 11.7 Å². The number of ether oxygens (including phenoxy) is 1. The van der Waals surface area contributed by atoms with E-state index in [1.165, 1.54) is 12.1 Å². The van der Waals surface area contributed by atoms with Gasteiger partial charge in [0.1, 0.15) is 12.4 Å². The van der Waals surface area contributed by atoms with Crippen molar-refractivity contribution in [3.8, 4) is 5.75 Å². The van der Waals surface area contributed by atoms with Crippen LogP contribution in [0.1, 0.15) is 5.56 Å². The fraction of sp³-hybridized carbons (Fsp3) is 0.412. The number of amides is 2. The molecule has 0 radical (unpaired) electrons. The predicted molar refractivity (Wildman–Crippen MR) is 96.2 cm³/mol. The molecule has 2 amide bonds. The number of nitrogens with one attached hydrogen (secondary N) is 1. The van der Waals surface area contributed by atoms with Crippen LogP contribution in [0.3, 0.4) is 0 Å². The van der Waals surface area contributed by atoms with Crippen LogP contribution in [0.5, 0.6) is 5.75 Å². The van der Waals surface area contributed by atoms with E-state index in [4.69, 9.17) is 4.74 Å². The Morgan fingerprint density at radius 1 is 1.26 bits per heavy atom. The molecule has 6 nitrogen and oxygen atoms in total. The molecule has 2 heterocycles. The van der Waals surface area contributed by atoms with Crippen molar-refractivity contribution in [1.82, 2.24) is 15.2 Å². The number of nitrogens with zero attached hydrogens (tertiary/aromatic N) is 3. The molecule has 0 atom stereocenters. The lowest BCUT2D eigenvalue weighted by Gasteiger charge is -2.34. The molecule has 1 saturated heterocycles. The summed E-state index contributed by atoms with van der Waals surface area (Å²) in [5, 5.41) is 5.59. The highest BCUT2D eigenvalue weighted by Crippen LogP contribution is 2.31. The molecule has 0 spiro atoms. The molecule has 3 rings (SSSR count). The third-order valence-corrected chi connectivity index (χ3v) is 4.90. The summed E-state index contributed by atoms with van der Waals surface area (Å²) in [5.41, 5.74) is -0.762. The summed E-state index contributed by atoms with van der Waals surface area (Å²) in [6.07, 6.45) is -2.65. The molecule has 27 heavy (non-hydrogen) atoms. The van der Waals surface area contributed by atoms with Crippen molar-refractivity contribution < 1.29 is 22.7 Å². The van der Waals surface area contributed by atoms with Crippen molar-refractivity contribution in [2.45, 2.75) is 6.18 Å². The van der Waals surface area contributed by atoms with Crippen molar-refractivity contribution in [3.05, 3.63) is 41.4 Å². The van der Waals surface area contributed by atoms with Gasteiger partial charge in [-0.25, -0.2) is 9.78 Å². The summed E-state index contributed by atoms with van der Waals surface area (Å²) >= 11 is 1.57. The van der Waals surface area contributed by atoms with Gasteiger partial charge < -0.3 is 19.9 Å². The summed E-state index contributed by atoms with van der Waals surface area (Å²) in [6, 6.07) is 4.47. The van der Waals surface area contributed by atoms with Gasteiger partial charge in [0.15, 0.2) is 5.13 Å². The van der Waals surface area contributed by atoms with Crippen LogP contribution in [0.25, 0.3) is 0 Å². The van der Waals surface area contributed by atoms with Crippen molar-refractivity contribution in [1.29, 1.82) is 0 Å². The molecule has 1 N–H and O–H groups in total. The smallest absolute Gasteiger partial charge is 0.416 e. The van der Waals surface area contributed by atoms with Crippen LogP contribution >= 0.6 is 11.3 Å². The van der Waals surface area contributed by atoms with E-state index in [9.17, 15) is 18.0 Å². The Morgan fingerprint density at radius 2 is 2.04 bits per heavy atom. The summed E-state index contributed by atoms with van der Waals surface area (Å²) in [5.74, 6) is 0.121. The zero-order chi connectivity index (χ0) is 19.3. The minimum Gasteiger partial charge on any atom is -0.492 e. The maximum atomic E-state index is 12.7. The molecule has 10 heteroatoms. The normalized spacial score (nSPS) is 14.9. The fourth-order valence-corrected chi connectivity index (χ4v) is 3.37. The SMILES string of the molecule is O=C(NCCOc1cccc(C(F)(F)F)c1)N1CCN(c2nccs2)CC1. The van der Waals surface area contributed by atoms with E-state index in [2.05, 4.69) is 15.2 Å². The number of anilines is 1. The summed E-state index contributed by atoms with van der Waals surface area (Å²) in [6.45, 7) is 2.89. The molecule has 2 aromatic rings. The fourth-order valence-electron chi connectivity index (χ4n) is 2.67. The maximum absolute atomic E-state index is 12.7. The van der Waals surface area contributed by atoms with Crippen molar-refractivity contribution in [2.75, 3.05) is 44.2 Å². The molecular formula is C17H19F3N4O2S. The number of benzene rings is 1. The van der Waals surface area contributed by atoms with E-state index in [0.29, 0.717) is 26.2 Å². The lowest BCUT2D eigenvalue weighted by atomic mass is 10.2. The third-order valence-electron chi connectivity index (χ3n) is 4.07. The van der Waals surface area contributed by atoms with Gasteiger partial charge in [0.25, 0.3) is 0 Å². The summed E-state index contributed by atoms with van der Waals surface area (Å²) in [7, 11) is 0. The number of carbonyl (C=O) groups is 1. The summed E-state index contributed by atoms with van der Waals surface area (Å²) < 4.78 is 43.3. The van der Waals surface area contributed by atoms with Gasteiger partial charge in [0.05, 0.1) is 12.1 Å². The van der Waals surface area contributed by atoms with E-state index in [-0.39, 0.29) is 24.9 Å². The first-order valence-electron chi connectivity index (χ1n) is 8.41. The van der Waals surface area contributed by atoms with Crippen molar-refractivity contribution >= 4 is 22.5 Å². The van der Waals surface area contributed by atoms with Gasteiger partial charge in [-0.2, -0.15) is 13.2 Å². The molecule has 146 valence electrons. The predicted octanol–water partition coefficient (Wildman–Crippen LogP) is 3.07. The first kappa shape index (κ1) is 19.3. The van der Waals surface area contributed by atoms with Crippen LogP contribution in [0.2, 0.25) is 0 Å². The Kier molecular flexibility index (Phi) is 6.04. The molecule has 0 unspecified atom stereocenters. The second-order valence-corrected chi connectivity index (χ2v) is 6.77. The molecule has 1 aliphatic heterocycles. The van der Waals surface area contributed by atoms with Gasteiger partial charge in [0, 0.05) is 37.8 Å². The van der Waals surface area contributed by atoms with Gasteiger partial charge in [-0.15, -0.1) is 11.3 Å². The van der Waals surface area contributed by atoms with Gasteiger partial charge >= 0.3 is 12.2 Å². The zero-order valence-corrected chi connectivity index (χ0v) is 15.2. The molecule has 0 aliphatic carbocycles. The highest BCUT2D eigenvalue weighted by atomic mass is 32.1. The Hall–Kier alpha value is -2.49. The van der Waals surface area contributed by atoms with Gasteiger partial charge in [-0.05, 0) is 18.2 Å².